The maximum Gasteiger partial charge on any atom is 0.410 e. The number of carboxylic acid groups (broad SMARTS) is 1. The molecular weight excluding hydrogens is 841 g/mol. The molecule has 4 fully saturated rings. The second-order valence-electron chi connectivity index (χ2n) is 19.6. The van der Waals surface area contributed by atoms with Crippen LogP contribution in [0.1, 0.15) is 145 Å². The molecule has 2 aliphatic carbocycles. The fourth-order valence-electron chi connectivity index (χ4n) is 8.70. The molecule has 0 aromatic rings. The topological polar surface area (TPSA) is 250 Å². The molecule has 372 valence electrons. The third-order valence-electron chi connectivity index (χ3n) is 12.6. The fraction of sp³-hybridized carbons (Fsp3) is 0.826. The molecule has 2 saturated heterocycles. The van der Waals surface area contributed by atoms with E-state index in [1.807, 2.05) is 0 Å². The second kappa shape index (κ2) is 25.9. The van der Waals surface area contributed by atoms with Gasteiger partial charge in [0, 0.05) is 34.2 Å². The molecule has 65 heavy (non-hydrogen) atoms. The van der Waals surface area contributed by atoms with Crippen LogP contribution in [0.25, 0.3) is 0 Å². The Morgan fingerprint density at radius 3 is 1.25 bits per heavy atom. The lowest BCUT2D eigenvalue weighted by Gasteiger charge is -2.36. The van der Waals surface area contributed by atoms with Gasteiger partial charge in [-0.25, -0.2) is 14.4 Å². The van der Waals surface area contributed by atoms with Crippen LogP contribution in [0.2, 0.25) is 0 Å². The highest BCUT2D eigenvalue weighted by Crippen LogP contribution is 2.31. The zero-order valence-corrected chi connectivity index (χ0v) is 41.3. The first-order valence-corrected chi connectivity index (χ1v) is 23.5. The Morgan fingerprint density at radius 2 is 0.923 bits per heavy atom. The molecule has 0 bridgehead atoms. The third kappa shape index (κ3) is 16.9. The van der Waals surface area contributed by atoms with Crippen LogP contribution in [0.15, 0.2) is 0 Å². The summed E-state index contributed by atoms with van der Waals surface area (Å²) in [4.78, 5) is 107. The third-order valence-corrected chi connectivity index (χ3v) is 12.6. The molecule has 4 aliphatic rings. The molecule has 7 amide bonds. The second-order valence-corrected chi connectivity index (χ2v) is 19.6. The van der Waals surface area contributed by atoms with E-state index in [0.717, 1.165) is 70.6 Å². The Kier molecular flexibility index (Phi) is 22.5. The normalized spacial score (nSPS) is 21.1. The van der Waals surface area contributed by atoms with Crippen LogP contribution in [0.5, 0.6) is 0 Å². The number of amides is 7. The van der Waals surface area contributed by atoms with Gasteiger partial charge in [0.1, 0.15) is 47.5 Å². The Hall–Kier alpha value is -4.68. The number of carbonyl (C=O) groups excluding carboxylic acids is 7. The van der Waals surface area contributed by atoms with E-state index in [-0.39, 0.29) is 29.6 Å². The quantitative estimate of drug-likeness (QED) is 0.186. The van der Waals surface area contributed by atoms with Crippen LogP contribution in [0.4, 0.5) is 9.59 Å². The number of aliphatic carboxylic acids is 1. The van der Waals surface area contributed by atoms with E-state index in [1.165, 1.54) is 35.8 Å². The van der Waals surface area contributed by atoms with Gasteiger partial charge in [0.2, 0.25) is 29.5 Å². The molecule has 0 spiro atoms. The number of likely N-dealkylation sites (tertiary alicyclic amines) is 2. The van der Waals surface area contributed by atoms with Crippen molar-refractivity contribution in [1.29, 1.82) is 0 Å². The van der Waals surface area contributed by atoms with Crippen molar-refractivity contribution in [2.75, 3.05) is 41.3 Å². The van der Waals surface area contributed by atoms with Crippen molar-refractivity contribution in [3.05, 3.63) is 0 Å². The van der Waals surface area contributed by atoms with E-state index >= 15 is 0 Å². The number of hydrogen-bond donors (Lipinski definition) is 5. The van der Waals surface area contributed by atoms with E-state index in [1.54, 1.807) is 67.3 Å². The first-order chi connectivity index (χ1) is 30.4. The summed E-state index contributed by atoms with van der Waals surface area (Å²) in [7, 11) is 6.06. The summed E-state index contributed by atoms with van der Waals surface area (Å²) in [5, 5.41) is 17.9. The molecule has 0 radical (unpaired) electrons. The lowest BCUT2D eigenvalue weighted by molar-refractivity contribution is -0.150. The van der Waals surface area contributed by atoms with E-state index in [4.69, 9.17) is 9.47 Å². The monoisotopic (exact) mass is 923 g/mol. The number of nitrogens with zero attached hydrogens (tertiary/aromatic N) is 4. The molecule has 19 nitrogen and oxygen atoms in total. The van der Waals surface area contributed by atoms with Gasteiger partial charge in [-0.05, 0) is 126 Å². The van der Waals surface area contributed by atoms with Crippen LogP contribution in [-0.2, 0) is 38.2 Å². The number of carboxylic acids is 1. The number of ether oxygens (including phenoxy) is 2. The summed E-state index contributed by atoms with van der Waals surface area (Å²) in [5.74, 6) is -2.62. The molecular formula is C46H82N8O11. The van der Waals surface area contributed by atoms with Gasteiger partial charge in [-0.1, -0.05) is 38.5 Å². The molecule has 0 aromatic heterocycles. The summed E-state index contributed by atoms with van der Waals surface area (Å²) >= 11 is 0. The van der Waals surface area contributed by atoms with E-state index in [9.17, 15) is 43.5 Å². The molecule has 2 saturated carbocycles. The predicted molar refractivity (Wildman–Crippen MR) is 245 cm³/mol. The van der Waals surface area contributed by atoms with Gasteiger partial charge in [0.25, 0.3) is 0 Å². The van der Waals surface area contributed by atoms with Gasteiger partial charge < -0.3 is 46.1 Å². The van der Waals surface area contributed by atoms with Gasteiger partial charge in [0.05, 0.1) is 0 Å². The minimum absolute atomic E-state index is 0.0187. The van der Waals surface area contributed by atoms with Crippen LogP contribution in [0, 0.1) is 11.8 Å². The summed E-state index contributed by atoms with van der Waals surface area (Å²) in [6.45, 7) is 14.6. The van der Waals surface area contributed by atoms with E-state index < -0.39 is 77.4 Å². The zero-order chi connectivity index (χ0) is 49.4. The van der Waals surface area contributed by atoms with Crippen molar-refractivity contribution >= 4 is 47.7 Å². The Labute approximate surface area is 386 Å². The number of carbonyl (C=O) groups is 8. The van der Waals surface area contributed by atoms with Crippen LogP contribution >= 0.6 is 0 Å². The standard InChI is InChI=1S/C23H40N4O5.C22H37N3O6.CH5N/c1-15(26(6)22(31)32-23(2,3)4)19(28)25-18(16-11-8-7-9-12-16)21(30)27-14-10-13-17(27)20(29)24-5;1-14(24(5)21(30)31-22(2,3)4)18(26)23-17(15-10-7-6-8-11-15)19(27)25-13-9-12-16(25)20(28)29;1-2/h15-18H,7-14H2,1-6H3,(H,24,29)(H,25,28);14-17H,6-13H2,1-5H3,(H,23,26)(H,28,29);2H2,1H3/t15-,17-,18-;14-,16-,17-;/m00./s1. The highest BCUT2D eigenvalue weighted by atomic mass is 16.6. The molecule has 6 N–H and O–H groups in total. The molecule has 19 heteroatoms. The predicted octanol–water partition coefficient (Wildman–Crippen LogP) is 4.00. The average Bonchev–Trinajstić information content (AvgIpc) is 3.97. The van der Waals surface area contributed by atoms with Gasteiger partial charge in [-0.3, -0.25) is 33.8 Å². The van der Waals surface area contributed by atoms with Crippen LogP contribution in [0.3, 0.4) is 0 Å². The maximum absolute atomic E-state index is 13.6. The SMILES string of the molecule is CN.CNC(=O)[C@@H]1CCCN1C(=O)[C@@H](NC(=O)[C@H](C)N(C)C(=O)OC(C)(C)C)C1CCCCC1.C[C@@H](C(=O)N[C@H](C(=O)N1CCC[C@H]1C(=O)O)C1CCCCC1)N(C)C(=O)OC(C)(C)C. The summed E-state index contributed by atoms with van der Waals surface area (Å²) in [6.07, 6.45) is 10.7. The van der Waals surface area contributed by atoms with Crippen molar-refractivity contribution in [2.24, 2.45) is 17.6 Å². The summed E-state index contributed by atoms with van der Waals surface area (Å²) < 4.78 is 10.7. The summed E-state index contributed by atoms with van der Waals surface area (Å²) in [5.41, 5.74) is 3.14. The maximum atomic E-state index is 13.6. The molecule has 0 aromatic carbocycles. The fourth-order valence-corrected chi connectivity index (χ4v) is 8.70. The van der Waals surface area contributed by atoms with E-state index in [2.05, 4.69) is 21.7 Å². The van der Waals surface area contributed by atoms with Gasteiger partial charge in [-0.15, -0.1) is 0 Å². The lowest BCUT2D eigenvalue weighted by Crippen LogP contribution is -2.58. The smallest absolute Gasteiger partial charge is 0.410 e. The number of nitrogens with two attached hydrogens (primary N) is 1. The van der Waals surface area contributed by atoms with Crippen molar-refractivity contribution in [3.8, 4) is 0 Å². The van der Waals surface area contributed by atoms with Gasteiger partial charge in [-0.2, -0.15) is 0 Å². The number of likely N-dealkylation sites (N-methyl/N-ethyl adjacent to an activating group) is 3. The highest BCUT2D eigenvalue weighted by Gasteiger charge is 2.43. The average molecular weight is 923 g/mol. The van der Waals surface area contributed by atoms with Crippen molar-refractivity contribution in [1.82, 2.24) is 35.6 Å². The Bertz CT molecular complexity index is 1620. The lowest BCUT2D eigenvalue weighted by atomic mass is 9.83. The molecule has 2 heterocycles. The van der Waals surface area contributed by atoms with Gasteiger partial charge in [0.15, 0.2) is 0 Å². The van der Waals surface area contributed by atoms with Crippen molar-refractivity contribution < 1.29 is 52.9 Å². The largest absolute Gasteiger partial charge is 0.480 e. The zero-order valence-electron chi connectivity index (χ0n) is 41.3. The Balaban J connectivity index is 0.000000431. The first-order valence-electron chi connectivity index (χ1n) is 23.5. The first kappa shape index (κ1) is 56.4. The minimum Gasteiger partial charge on any atom is -0.480 e. The van der Waals surface area contributed by atoms with Crippen LogP contribution < -0.4 is 21.7 Å². The molecule has 2 aliphatic heterocycles. The van der Waals surface area contributed by atoms with E-state index in [0.29, 0.717) is 32.4 Å². The van der Waals surface area contributed by atoms with Crippen LogP contribution in [-0.4, -0.2) is 161 Å². The number of hydrogen-bond acceptors (Lipinski definition) is 11. The molecule has 4 rings (SSSR count). The minimum atomic E-state index is -1.02. The van der Waals surface area contributed by atoms with Crippen molar-refractivity contribution in [2.45, 2.75) is 193 Å². The van der Waals surface area contributed by atoms with Gasteiger partial charge >= 0.3 is 18.2 Å². The highest BCUT2D eigenvalue weighted by molar-refractivity contribution is 5.95. The Morgan fingerprint density at radius 1 is 0.585 bits per heavy atom. The molecule has 6 atom stereocenters. The number of rotatable bonds is 12. The summed E-state index contributed by atoms with van der Waals surface area (Å²) in [6, 6.07) is -4.50. The van der Waals surface area contributed by atoms with Crippen molar-refractivity contribution in [3.63, 3.8) is 0 Å². The molecule has 0 unspecified atom stereocenters. The number of nitrogens with one attached hydrogen (secondary N) is 3.